The molecule has 0 spiro atoms. The predicted molar refractivity (Wildman–Crippen MR) is 103 cm³/mol. The van der Waals surface area contributed by atoms with E-state index in [1.807, 2.05) is 0 Å². The zero-order chi connectivity index (χ0) is 22.1. The molecule has 1 amide bonds. The number of nitrogens with one attached hydrogen (secondary N) is 3. The molecule has 0 aromatic carbocycles. The maximum atomic E-state index is 14.3. The Morgan fingerprint density at radius 1 is 1.27 bits per heavy atom. The molecular formula is C18H17ClF4N6O. The lowest BCUT2D eigenvalue weighted by molar-refractivity contribution is -0.139. The summed E-state index contributed by atoms with van der Waals surface area (Å²) < 4.78 is 51.5. The molecule has 0 fully saturated rings. The van der Waals surface area contributed by atoms with Crippen LogP contribution in [-0.2, 0) is 4.79 Å². The summed E-state index contributed by atoms with van der Waals surface area (Å²) in [6, 6.07) is 0.487. The van der Waals surface area contributed by atoms with Crippen molar-refractivity contribution in [2.45, 2.75) is 26.1 Å². The van der Waals surface area contributed by atoms with Gasteiger partial charge in [-0.3, -0.25) is 4.79 Å². The van der Waals surface area contributed by atoms with E-state index in [2.05, 4.69) is 25.3 Å². The van der Waals surface area contributed by atoms with E-state index in [0.29, 0.717) is 21.6 Å². The number of carbonyl (C=O) groups is 1. The van der Waals surface area contributed by atoms with Crippen LogP contribution in [0.25, 0.3) is 22.4 Å². The van der Waals surface area contributed by atoms with Crippen LogP contribution >= 0.6 is 11.6 Å². The number of alkyl halides is 3. The van der Waals surface area contributed by atoms with E-state index in [9.17, 15) is 22.4 Å². The van der Waals surface area contributed by atoms with Crippen LogP contribution in [0.4, 0.5) is 23.4 Å². The second-order valence-electron chi connectivity index (χ2n) is 6.84. The normalized spacial score (nSPS) is 12.9. The number of hydrogen-bond donors (Lipinski definition) is 3. The van der Waals surface area contributed by atoms with Gasteiger partial charge >= 0.3 is 6.18 Å². The Morgan fingerprint density at radius 3 is 2.67 bits per heavy atom. The molecule has 3 aromatic rings. The van der Waals surface area contributed by atoms with Gasteiger partial charge in [-0.25, -0.2) is 19.3 Å². The number of amides is 1. The molecule has 1 atom stereocenters. The molecular weight excluding hydrogens is 428 g/mol. The molecule has 0 aliphatic carbocycles. The van der Waals surface area contributed by atoms with Crippen LogP contribution in [0.5, 0.6) is 0 Å². The lowest BCUT2D eigenvalue weighted by Crippen LogP contribution is -2.46. The Morgan fingerprint density at radius 2 is 2.00 bits per heavy atom. The van der Waals surface area contributed by atoms with Crippen molar-refractivity contribution >= 4 is 34.4 Å². The summed E-state index contributed by atoms with van der Waals surface area (Å²) in [5.41, 5.74) is 1.01. The zero-order valence-corrected chi connectivity index (χ0v) is 16.6. The third kappa shape index (κ3) is 4.96. The molecule has 0 saturated heterocycles. The molecule has 0 radical (unpaired) electrons. The largest absolute Gasteiger partial charge is 0.405 e. The van der Waals surface area contributed by atoms with Crippen LogP contribution in [0.2, 0.25) is 5.02 Å². The number of rotatable bonds is 6. The molecule has 0 bridgehead atoms. The first-order valence-corrected chi connectivity index (χ1v) is 9.19. The number of nitrogens with zero attached hydrogens (tertiary/aromatic N) is 3. The number of halogens is 5. The minimum Gasteiger partial charge on any atom is -0.356 e. The molecule has 30 heavy (non-hydrogen) atoms. The van der Waals surface area contributed by atoms with Crippen molar-refractivity contribution in [3.63, 3.8) is 0 Å². The Labute approximate surface area is 173 Å². The number of H-pyrrole nitrogens is 1. The maximum absolute atomic E-state index is 14.3. The van der Waals surface area contributed by atoms with Gasteiger partial charge in [-0.2, -0.15) is 13.2 Å². The molecule has 3 N–H and O–H groups in total. The average Bonchev–Trinajstić information content (AvgIpc) is 3.07. The first-order valence-electron chi connectivity index (χ1n) is 8.81. The van der Waals surface area contributed by atoms with E-state index in [0.717, 1.165) is 6.20 Å². The number of aromatic nitrogens is 4. The predicted octanol–water partition coefficient (Wildman–Crippen LogP) is 3.93. The molecule has 3 aromatic heterocycles. The van der Waals surface area contributed by atoms with Crippen LogP contribution in [0.3, 0.4) is 0 Å². The van der Waals surface area contributed by atoms with E-state index in [1.165, 1.54) is 6.20 Å². The molecule has 0 saturated carbocycles. The molecule has 0 aliphatic rings. The van der Waals surface area contributed by atoms with Crippen molar-refractivity contribution in [2.75, 3.05) is 11.9 Å². The van der Waals surface area contributed by atoms with E-state index >= 15 is 0 Å². The van der Waals surface area contributed by atoms with Gasteiger partial charge in [0.25, 0.3) is 0 Å². The quantitative estimate of drug-likeness (QED) is 0.501. The van der Waals surface area contributed by atoms with Gasteiger partial charge in [-0.05, 0) is 12.0 Å². The molecule has 12 heteroatoms. The van der Waals surface area contributed by atoms with Crippen molar-refractivity contribution in [1.29, 1.82) is 0 Å². The van der Waals surface area contributed by atoms with E-state index in [4.69, 9.17) is 11.6 Å². The number of fused-ring (bicyclic) bond motifs is 1. The molecule has 160 valence electrons. The summed E-state index contributed by atoms with van der Waals surface area (Å²) in [6.45, 7) is 1.73. The summed E-state index contributed by atoms with van der Waals surface area (Å²) in [6.07, 6.45) is -0.627. The highest BCUT2D eigenvalue weighted by Gasteiger charge is 2.31. The zero-order valence-electron chi connectivity index (χ0n) is 15.8. The summed E-state index contributed by atoms with van der Waals surface area (Å²) in [7, 11) is 0. The van der Waals surface area contributed by atoms with Crippen molar-refractivity contribution < 1.29 is 22.4 Å². The number of aromatic amines is 1. The van der Waals surface area contributed by atoms with Crippen LogP contribution in [0.1, 0.15) is 13.8 Å². The Balaban J connectivity index is 1.90. The highest BCUT2D eigenvalue weighted by Crippen LogP contribution is 2.28. The van der Waals surface area contributed by atoms with Gasteiger partial charge in [0, 0.05) is 23.3 Å². The van der Waals surface area contributed by atoms with E-state index in [1.54, 1.807) is 31.4 Å². The van der Waals surface area contributed by atoms with Crippen LogP contribution < -0.4 is 10.6 Å². The number of hydrogen-bond acceptors (Lipinski definition) is 5. The minimum absolute atomic E-state index is 0.118. The summed E-state index contributed by atoms with van der Waals surface area (Å²) in [5.74, 6) is -2.43. The topological polar surface area (TPSA) is 95.6 Å². The van der Waals surface area contributed by atoms with Crippen molar-refractivity contribution in [1.82, 2.24) is 25.3 Å². The minimum atomic E-state index is -4.56. The first kappa shape index (κ1) is 21.8. The molecule has 7 nitrogen and oxygen atoms in total. The number of anilines is 1. The number of carbonyl (C=O) groups excluding carboxylic acids is 1. The lowest BCUT2D eigenvalue weighted by Gasteiger charge is -2.23. The maximum Gasteiger partial charge on any atom is 0.405 e. The van der Waals surface area contributed by atoms with Gasteiger partial charge in [-0.15, -0.1) is 0 Å². The Bertz CT molecular complexity index is 1070. The van der Waals surface area contributed by atoms with Crippen molar-refractivity contribution in [2.24, 2.45) is 5.92 Å². The highest BCUT2D eigenvalue weighted by molar-refractivity contribution is 6.31. The van der Waals surface area contributed by atoms with E-state index < -0.39 is 36.4 Å². The van der Waals surface area contributed by atoms with Crippen LogP contribution in [0.15, 0.2) is 24.7 Å². The van der Waals surface area contributed by atoms with Gasteiger partial charge in [0.1, 0.15) is 18.2 Å². The van der Waals surface area contributed by atoms with Gasteiger partial charge in [-0.1, -0.05) is 25.4 Å². The Kier molecular flexibility index (Phi) is 6.11. The number of pyridine rings is 1. The van der Waals surface area contributed by atoms with Crippen molar-refractivity contribution in [3.8, 4) is 11.4 Å². The van der Waals surface area contributed by atoms with Crippen LogP contribution in [-0.4, -0.2) is 44.6 Å². The molecule has 0 aliphatic heterocycles. The van der Waals surface area contributed by atoms with Gasteiger partial charge in [0.2, 0.25) is 5.91 Å². The van der Waals surface area contributed by atoms with Gasteiger partial charge < -0.3 is 15.6 Å². The molecule has 3 rings (SSSR count). The average molecular weight is 445 g/mol. The Hall–Kier alpha value is -2.95. The fourth-order valence-corrected chi connectivity index (χ4v) is 2.90. The third-order valence-electron chi connectivity index (χ3n) is 4.19. The highest BCUT2D eigenvalue weighted by atomic mass is 35.5. The lowest BCUT2D eigenvalue weighted by atomic mass is 10.0. The van der Waals surface area contributed by atoms with Gasteiger partial charge in [0.15, 0.2) is 17.5 Å². The standard InChI is InChI=1S/C18H17ClF4N6O/c1-8(2)13(17(30)27-7-18(21,22)23)28-16-12(20)6-26-15(29-16)11-5-25-14-10(11)3-9(19)4-24-14/h3-6,8,13H,7H2,1-2H3,(H,24,25)(H,27,30)(H,26,28,29)/t13-/m1/s1. The fourth-order valence-electron chi connectivity index (χ4n) is 2.74. The second kappa shape index (κ2) is 8.42. The molecule has 0 unspecified atom stereocenters. The molecule has 3 heterocycles. The third-order valence-corrected chi connectivity index (χ3v) is 4.39. The smallest absolute Gasteiger partial charge is 0.356 e. The summed E-state index contributed by atoms with van der Waals surface area (Å²) in [4.78, 5) is 27.3. The monoisotopic (exact) mass is 444 g/mol. The summed E-state index contributed by atoms with van der Waals surface area (Å²) in [5, 5.41) is 5.36. The first-order chi connectivity index (χ1) is 14.0. The summed E-state index contributed by atoms with van der Waals surface area (Å²) >= 11 is 5.98. The van der Waals surface area contributed by atoms with Crippen molar-refractivity contribution in [3.05, 3.63) is 35.5 Å². The SMILES string of the molecule is CC(C)[C@@H](Nc1nc(-c2c[nH]c3ncc(Cl)cc23)ncc1F)C(=O)NCC(F)(F)F. The van der Waals surface area contributed by atoms with Gasteiger partial charge in [0.05, 0.1) is 11.2 Å². The van der Waals surface area contributed by atoms with E-state index in [-0.39, 0.29) is 11.6 Å². The fraction of sp³-hybridized carbons (Fsp3) is 0.333. The second-order valence-corrected chi connectivity index (χ2v) is 7.28. The van der Waals surface area contributed by atoms with Crippen LogP contribution in [0, 0.1) is 11.7 Å².